The number of rotatable bonds is 5. The highest BCUT2D eigenvalue weighted by Crippen LogP contribution is 2.30. The van der Waals surface area contributed by atoms with Crippen LogP contribution in [0.5, 0.6) is 0 Å². The molecular formula is C20H18ClN7O4. The van der Waals surface area contributed by atoms with Crippen molar-refractivity contribution in [3.05, 3.63) is 53.6 Å². The lowest BCUT2D eigenvalue weighted by atomic mass is 10.1. The number of nitrogens with one attached hydrogen (secondary N) is 2. The predicted molar refractivity (Wildman–Crippen MR) is 116 cm³/mol. The lowest BCUT2D eigenvalue weighted by Gasteiger charge is -2.09. The molecule has 4 rings (SSSR count). The summed E-state index contributed by atoms with van der Waals surface area (Å²) in [5.41, 5.74) is 2.00. The van der Waals surface area contributed by atoms with Crippen LogP contribution in [0.4, 0.5) is 16.2 Å². The molecule has 0 aliphatic heterocycles. The fraction of sp³-hybridized carbons (Fsp3) is 0.200. The Morgan fingerprint density at radius 3 is 2.69 bits per heavy atom. The van der Waals surface area contributed by atoms with Gasteiger partial charge in [0.2, 0.25) is 11.7 Å². The summed E-state index contributed by atoms with van der Waals surface area (Å²) in [6.07, 6.45) is 4.00. The number of anilines is 2. The summed E-state index contributed by atoms with van der Waals surface area (Å²) in [7, 11) is 0. The normalized spacial score (nSPS) is 11.0. The van der Waals surface area contributed by atoms with E-state index in [2.05, 4.69) is 30.8 Å². The Morgan fingerprint density at radius 1 is 1.16 bits per heavy atom. The van der Waals surface area contributed by atoms with E-state index in [4.69, 9.17) is 20.8 Å². The van der Waals surface area contributed by atoms with Gasteiger partial charge in [-0.05, 0) is 32.0 Å². The zero-order valence-electron chi connectivity index (χ0n) is 17.3. The highest BCUT2D eigenvalue weighted by molar-refractivity contribution is 6.33. The quantitative estimate of drug-likeness (QED) is 0.461. The highest BCUT2D eigenvalue weighted by atomic mass is 35.5. The van der Waals surface area contributed by atoms with Gasteiger partial charge >= 0.3 is 17.9 Å². The maximum Gasteiger partial charge on any atom is 0.411 e. The van der Waals surface area contributed by atoms with Gasteiger partial charge in [-0.1, -0.05) is 11.6 Å². The number of ether oxygens (including phenoxy) is 1. The lowest BCUT2D eigenvalue weighted by molar-refractivity contribution is 0.0988. The number of amides is 2. The van der Waals surface area contributed by atoms with E-state index in [1.54, 1.807) is 55.8 Å². The molecule has 3 aromatic heterocycles. The number of hydrogen-bond donors (Lipinski definition) is 2. The number of carbonyl (C=O) groups excluding carboxylic acids is 2. The average Bonchev–Trinajstić information content (AvgIpc) is 3.34. The van der Waals surface area contributed by atoms with E-state index < -0.39 is 12.0 Å². The minimum atomic E-state index is -0.579. The fourth-order valence-electron chi connectivity index (χ4n) is 2.81. The van der Waals surface area contributed by atoms with Gasteiger partial charge in [0, 0.05) is 30.6 Å². The van der Waals surface area contributed by atoms with E-state index in [-0.39, 0.29) is 17.9 Å². The third-order valence-electron chi connectivity index (χ3n) is 4.12. The van der Waals surface area contributed by atoms with Crippen molar-refractivity contribution in [3.63, 3.8) is 0 Å². The number of fused-ring (bicyclic) bond motifs is 1. The highest BCUT2D eigenvalue weighted by Gasteiger charge is 2.16. The molecule has 2 amide bonds. The van der Waals surface area contributed by atoms with Crippen LogP contribution in [0, 0.1) is 6.92 Å². The van der Waals surface area contributed by atoms with Crippen LogP contribution in [0.3, 0.4) is 0 Å². The van der Waals surface area contributed by atoms with Crippen molar-refractivity contribution in [1.29, 1.82) is 0 Å². The SMILES string of the molecule is Cc1nnc(C(=O)Nc2ccc(Cl)c(-c3cn4cc(NC(=O)OC(C)C)cnc4n3)c2)o1. The Bertz CT molecular complexity index is 1310. The van der Waals surface area contributed by atoms with E-state index in [1.807, 2.05) is 0 Å². The van der Waals surface area contributed by atoms with Crippen LogP contribution in [0.2, 0.25) is 5.02 Å². The molecule has 0 radical (unpaired) electrons. The van der Waals surface area contributed by atoms with E-state index in [0.29, 0.717) is 33.4 Å². The van der Waals surface area contributed by atoms with E-state index >= 15 is 0 Å². The Labute approximate surface area is 186 Å². The molecule has 0 aliphatic carbocycles. The van der Waals surface area contributed by atoms with E-state index in [0.717, 1.165) is 0 Å². The molecule has 0 atom stereocenters. The summed E-state index contributed by atoms with van der Waals surface area (Å²) in [6.45, 7) is 5.11. The van der Waals surface area contributed by atoms with Gasteiger partial charge in [0.15, 0.2) is 0 Å². The number of aryl methyl sites for hydroxylation is 1. The maximum absolute atomic E-state index is 12.3. The largest absolute Gasteiger partial charge is 0.447 e. The molecular weight excluding hydrogens is 438 g/mol. The standard InChI is InChI=1S/C20H18ClN7O4/c1-10(2)31-20(30)24-13-7-22-19-25-16(9-28(19)8-13)14-6-12(4-5-15(14)21)23-17(29)18-27-26-11(3)32-18/h4-10H,1-3H3,(H,23,29)(H,24,30). The molecule has 12 heteroatoms. The van der Waals surface area contributed by atoms with Crippen LogP contribution in [0.25, 0.3) is 17.0 Å². The molecule has 1 aromatic carbocycles. The van der Waals surface area contributed by atoms with Gasteiger partial charge in [0.25, 0.3) is 0 Å². The number of halogens is 1. The van der Waals surface area contributed by atoms with Gasteiger partial charge in [0.1, 0.15) is 0 Å². The average molecular weight is 456 g/mol. The lowest BCUT2D eigenvalue weighted by Crippen LogP contribution is -2.18. The number of hydrogen-bond acceptors (Lipinski definition) is 8. The number of nitrogens with zero attached hydrogens (tertiary/aromatic N) is 5. The summed E-state index contributed by atoms with van der Waals surface area (Å²) >= 11 is 6.37. The Kier molecular flexibility index (Phi) is 5.73. The van der Waals surface area contributed by atoms with E-state index in [1.165, 1.54) is 6.20 Å². The molecule has 0 fully saturated rings. The maximum atomic E-state index is 12.3. The first-order valence-electron chi connectivity index (χ1n) is 9.52. The first-order valence-corrected chi connectivity index (χ1v) is 9.90. The minimum absolute atomic E-state index is 0.146. The van der Waals surface area contributed by atoms with Crippen molar-refractivity contribution in [2.45, 2.75) is 26.9 Å². The Hall–Kier alpha value is -3.99. The van der Waals surface area contributed by atoms with Crippen molar-refractivity contribution >= 4 is 40.8 Å². The molecule has 0 bridgehead atoms. The molecule has 2 N–H and O–H groups in total. The van der Waals surface area contributed by atoms with Crippen LogP contribution in [0.15, 0.2) is 41.2 Å². The molecule has 0 saturated heterocycles. The Morgan fingerprint density at radius 2 is 1.97 bits per heavy atom. The second kappa shape index (κ2) is 8.63. The van der Waals surface area contributed by atoms with Gasteiger partial charge in [-0.2, -0.15) is 0 Å². The predicted octanol–water partition coefficient (Wildman–Crippen LogP) is 3.95. The topological polar surface area (TPSA) is 137 Å². The number of imidazole rings is 1. The van der Waals surface area contributed by atoms with Crippen LogP contribution in [0.1, 0.15) is 30.4 Å². The molecule has 0 spiro atoms. The summed E-state index contributed by atoms with van der Waals surface area (Å²) in [5, 5.41) is 13.1. The van der Waals surface area contributed by atoms with Crippen molar-refractivity contribution in [2.75, 3.05) is 10.6 Å². The smallest absolute Gasteiger partial charge is 0.411 e. The fourth-order valence-corrected chi connectivity index (χ4v) is 3.03. The van der Waals surface area contributed by atoms with Crippen LogP contribution < -0.4 is 10.6 Å². The van der Waals surface area contributed by atoms with Gasteiger partial charge in [0.05, 0.1) is 28.7 Å². The van der Waals surface area contributed by atoms with Crippen molar-refractivity contribution < 1.29 is 18.7 Å². The summed E-state index contributed by atoms with van der Waals surface area (Å²) in [6, 6.07) is 4.95. The molecule has 4 aromatic rings. The van der Waals surface area contributed by atoms with Gasteiger partial charge in [-0.3, -0.25) is 14.5 Å². The summed E-state index contributed by atoms with van der Waals surface area (Å²) in [5.74, 6) is -0.00316. The zero-order chi connectivity index (χ0) is 22.8. The summed E-state index contributed by atoms with van der Waals surface area (Å²) in [4.78, 5) is 32.8. The van der Waals surface area contributed by atoms with Gasteiger partial charge in [-0.25, -0.2) is 14.8 Å². The Balaban J connectivity index is 1.58. The number of aromatic nitrogens is 5. The first kappa shape index (κ1) is 21.2. The second-order valence-corrected chi connectivity index (χ2v) is 7.44. The monoisotopic (exact) mass is 455 g/mol. The molecule has 0 aliphatic rings. The molecule has 0 unspecified atom stereocenters. The van der Waals surface area contributed by atoms with Gasteiger partial charge < -0.3 is 14.5 Å². The number of carbonyl (C=O) groups is 2. The van der Waals surface area contributed by atoms with Crippen LogP contribution in [-0.4, -0.2) is 42.7 Å². The molecule has 32 heavy (non-hydrogen) atoms. The third-order valence-corrected chi connectivity index (χ3v) is 4.45. The molecule has 0 saturated carbocycles. The minimum Gasteiger partial charge on any atom is -0.447 e. The first-order chi connectivity index (χ1) is 15.3. The van der Waals surface area contributed by atoms with Gasteiger partial charge in [-0.15, -0.1) is 10.2 Å². The zero-order valence-corrected chi connectivity index (χ0v) is 18.0. The number of benzene rings is 1. The molecule has 11 nitrogen and oxygen atoms in total. The molecule has 164 valence electrons. The van der Waals surface area contributed by atoms with Crippen molar-refractivity contribution in [2.24, 2.45) is 0 Å². The van der Waals surface area contributed by atoms with Crippen molar-refractivity contribution in [3.8, 4) is 11.3 Å². The van der Waals surface area contributed by atoms with Crippen LogP contribution in [-0.2, 0) is 4.74 Å². The van der Waals surface area contributed by atoms with Crippen molar-refractivity contribution in [1.82, 2.24) is 24.6 Å². The molecule has 3 heterocycles. The van der Waals surface area contributed by atoms with Crippen LogP contribution >= 0.6 is 11.6 Å². The summed E-state index contributed by atoms with van der Waals surface area (Å²) < 4.78 is 11.8. The second-order valence-electron chi connectivity index (χ2n) is 7.03. The third kappa shape index (κ3) is 4.67. The van der Waals surface area contributed by atoms with E-state index in [9.17, 15) is 9.59 Å².